The lowest BCUT2D eigenvalue weighted by molar-refractivity contribution is -0.137. The number of aliphatic carboxylic acids is 1. The van der Waals surface area contributed by atoms with E-state index >= 15 is 0 Å². The van der Waals surface area contributed by atoms with Crippen LogP contribution in [0.1, 0.15) is 19.3 Å². The highest BCUT2D eigenvalue weighted by atomic mass is 16.5. The molecule has 0 aliphatic carbocycles. The van der Waals surface area contributed by atoms with E-state index in [4.69, 9.17) is 5.11 Å². The number of alkyl carbamates (subject to hydrolysis) is 1. The topological polar surface area (TPSA) is 78.9 Å². The number of likely N-dealkylation sites (tertiary alicyclic amines) is 1. The summed E-state index contributed by atoms with van der Waals surface area (Å²) in [6, 6.07) is 0.122. The normalized spacial score (nSPS) is 20.7. The third-order valence-corrected chi connectivity index (χ3v) is 2.64. The lowest BCUT2D eigenvalue weighted by Gasteiger charge is -2.15. The number of methoxy groups -OCH3 is 1. The predicted molar refractivity (Wildman–Crippen MR) is 57.3 cm³/mol. The fourth-order valence-corrected chi connectivity index (χ4v) is 1.83. The second kappa shape index (κ2) is 6.32. The average molecular weight is 230 g/mol. The first-order chi connectivity index (χ1) is 7.61. The number of carbonyl (C=O) groups excluding carboxylic acids is 1. The van der Waals surface area contributed by atoms with Crippen LogP contribution in [0.25, 0.3) is 0 Å². The quantitative estimate of drug-likeness (QED) is 0.709. The highest BCUT2D eigenvalue weighted by Crippen LogP contribution is 2.10. The molecule has 0 saturated carbocycles. The van der Waals surface area contributed by atoms with Crippen molar-refractivity contribution < 1.29 is 19.4 Å². The maximum Gasteiger partial charge on any atom is 0.407 e. The number of ether oxygens (including phenoxy) is 1. The number of rotatable bonds is 5. The molecule has 0 aromatic heterocycles. The summed E-state index contributed by atoms with van der Waals surface area (Å²) in [4.78, 5) is 23.4. The Morgan fingerprint density at radius 1 is 1.56 bits per heavy atom. The molecule has 1 fully saturated rings. The second-order valence-corrected chi connectivity index (χ2v) is 3.92. The molecule has 1 rings (SSSR count). The zero-order valence-corrected chi connectivity index (χ0v) is 9.44. The van der Waals surface area contributed by atoms with Gasteiger partial charge in [0.15, 0.2) is 0 Å². The third-order valence-electron chi connectivity index (χ3n) is 2.64. The van der Waals surface area contributed by atoms with E-state index in [0.29, 0.717) is 6.42 Å². The molecule has 1 amide bonds. The largest absolute Gasteiger partial charge is 0.481 e. The summed E-state index contributed by atoms with van der Waals surface area (Å²) in [5.74, 6) is -0.761. The molecule has 92 valence electrons. The van der Waals surface area contributed by atoms with Gasteiger partial charge >= 0.3 is 12.1 Å². The molecule has 0 bridgehead atoms. The number of nitrogens with zero attached hydrogens (tertiary/aromatic N) is 1. The van der Waals surface area contributed by atoms with Crippen molar-refractivity contribution in [3.05, 3.63) is 0 Å². The van der Waals surface area contributed by atoms with E-state index in [1.54, 1.807) is 0 Å². The van der Waals surface area contributed by atoms with Crippen LogP contribution in [0.4, 0.5) is 4.79 Å². The number of nitrogens with one attached hydrogen (secondary N) is 1. The van der Waals surface area contributed by atoms with Crippen molar-refractivity contribution in [2.24, 2.45) is 0 Å². The molecule has 6 heteroatoms. The first-order valence-corrected chi connectivity index (χ1v) is 5.40. The van der Waals surface area contributed by atoms with E-state index in [0.717, 1.165) is 26.1 Å². The zero-order valence-electron chi connectivity index (χ0n) is 9.44. The van der Waals surface area contributed by atoms with Gasteiger partial charge in [-0.3, -0.25) is 4.79 Å². The average Bonchev–Trinajstić information content (AvgIpc) is 2.65. The lowest BCUT2D eigenvalue weighted by Crippen LogP contribution is -2.37. The highest BCUT2D eigenvalue weighted by molar-refractivity contribution is 5.67. The van der Waals surface area contributed by atoms with E-state index in [1.165, 1.54) is 7.11 Å². The highest BCUT2D eigenvalue weighted by Gasteiger charge is 2.23. The van der Waals surface area contributed by atoms with Gasteiger partial charge in [0.1, 0.15) is 0 Å². The Morgan fingerprint density at radius 2 is 2.31 bits per heavy atom. The molecule has 16 heavy (non-hydrogen) atoms. The molecule has 0 spiro atoms. The van der Waals surface area contributed by atoms with Crippen LogP contribution in [0.15, 0.2) is 0 Å². The van der Waals surface area contributed by atoms with Crippen molar-refractivity contribution in [2.45, 2.75) is 25.3 Å². The Labute approximate surface area is 94.6 Å². The molecular weight excluding hydrogens is 212 g/mol. The van der Waals surface area contributed by atoms with Gasteiger partial charge in [0.2, 0.25) is 0 Å². The van der Waals surface area contributed by atoms with Gasteiger partial charge in [-0.1, -0.05) is 0 Å². The minimum Gasteiger partial charge on any atom is -0.481 e. The maximum atomic E-state index is 10.9. The summed E-state index contributed by atoms with van der Waals surface area (Å²) in [5.41, 5.74) is 0. The van der Waals surface area contributed by atoms with Crippen LogP contribution in [0.5, 0.6) is 0 Å². The molecular formula is C10H18N2O4. The molecule has 1 heterocycles. The smallest absolute Gasteiger partial charge is 0.407 e. The summed E-state index contributed by atoms with van der Waals surface area (Å²) < 4.78 is 4.51. The third kappa shape index (κ3) is 4.48. The molecule has 1 unspecified atom stereocenters. The van der Waals surface area contributed by atoms with Crippen molar-refractivity contribution in [1.82, 2.24) is 10.2 Å². The molecule has 1 saturated heterocycles. The van der Waals surface area contributed by atoms with Gasteiger partial charge in [0.05, 0.1) is 7.11 Å². The van der Waals surface area contributed by atoms with Crippen LogP contribution in [-0.4, -0.2) is 54.9 Å². The van der Waals surface area contributed by atoms with E-state index in [1.807, 2.05) is 0 Å². The molecule has 0 radical (unpaired) electrons. The Hall–Kier alpha value is -1.30. The summed E-state index contributed by atoms with van der Waals surface area (Å²) >= 11 is 0. The summed E-state index contributed by atoms with van der Waals surface area (Å²) in [5, 5.41) is 11.2. The summed E-state index contributed by atoms with van der Waals surface area (Å²) in [6.07, 6.45) is 1.34. The van der Waals surface area contributed by atoms with Crippen LogP contribution < -0.4 is 5.32 Å². The minimum absolute atomic E-state index is 0.122. The second-order valence-electron chi connectivity index (χ2n) is 3.92. The van der Waals surface area contributed by atoms with E-state index in [9.17, 15) is 9.59 Å². The number of amides is 1. The molecule has 0 aromatic carbocycles. The predicted octanol–water partition coefficient (Wildman–Crippen LogP) is 0.281. The number of carbonyl (C=O) groups is 2. The van der Waals surface area contributed by atoms with Gasteiger partial charge in [-0.2, -0.15) is 0 Å². The van der Waals surface area contributed by atoms with Gasteiger partial charge in [-0.25, -0.2) is 4.79 Å². The fraction of sp³-hybridized carbons (Fsp3) is 0.800. The van der Waals surface area contributed by atoms with Crippen LogP contribution in [0, 0.1) is 0 Å². The van der Waals surface area contributed by atoms with Crippen molar-refractivity contribution in [3.8, 4) is 0 Å². The Morgan fingerprint density at radius 3 is 2.94 bits per heavy atom. The molecule has 1 aliphatic heterocycles. The standard InChI is InChI=1S/C10H18N2O4/c1-16-10(15)11-8-4-6-12(7-8)5-2-3-9(13)14/h8H,2-7H2,1H3,(H,11,15)(H,13,14). The maximum absolute atomic E-state index is 10.9. The summed E-state index contributed by atoms with van der Waals surface area (Å²) in [7, 11) is 1.34. The molecule has 2 N–H and O–H groups in total. The van der Waals surface area contributed by atoms with E-state index in [2.05, 4.69) is 15.0 Å². The number of carboxylic acids is 1. The van der Waals surface area contributed by atoms with Gasteiger partial charge in [0.25, 0.3) is 0 Å². The van der Waals surface area contributed by atoms with Crippen LogP contribution in [-0.2, 0) is 9.53 Å². The molecule has 1 aliphatic rings. The number of hydrogen-bond donors (Lipinski definition) is 2. The SMILES string of the molecule is COC(=O)NC1CCN(CCCC(=O)O)C1. The number of carboxylic acid groups (broad SMARTS) is 1. The van der Waals surface area contributed by atoms with Crippen molar-refractivity contribution in [2.75, 3.05) is 26.7 Å². The van der Waals surface area contributed by atoms with Gasteiger partial charge in [-0.15, -0.1) is 0 Å². The summed E-state index contributed by atoms with van der Waals surface area (Å²) in [6.45, 7) is 2.44. The van der Waals surface area contributed by atoms with Gasteiger partial charge in [0, 0.05) is 25.6 Å². The first-order valence-electron chi connectivity index (χ1n) is 5.40. The zero-order chi connectivity index (χ0) is 12.0. The molecule has 6 nitrogen and oxygen atoms in total. The van der Waals surface area contributed by atoms with Crippen molar-refractivity contribution in [3.63, 3.8) is 0 Å². The first kappa shape index (κ1) is 12.8. The lowest BCUT2D eigenvalue weighted by atomic mass is 10.3. The van der Waals surface area contributed by atoms with Crippen LogP contribution in [0.3, 0.4) is 0 Å². The van der Waals surface area contributed by atoms with E-state index in [-0.39, 0.29) is 12.5 Å². The fourth-order valence-electron chi connectivity index (χ4n) is 1.83. The van der Waals surface area contributed by atoms with Crippen molar-refractivity contribution in [1.29, 1.82) is 0 Å². The molecule has 1 atom stereocenters. The van der Waals surface area contributed by atoms with Crippen LogP contribution in [0.2, 0.25) is 0 Å². The number of hydrogen-bond acceptors (Lipinski definition) is 4. The minimum atomic E-state index is -0.761. The Kier molecular flexibility index (Phi) is 5.04. The van der Waals surface area contributed by atoms with Crippen LogP contribution >= 0.6 is 0 Å². The Bertz CT molecular complexity index is 257. The monoisotopic (exact) mass is 230 g/mol. The molecule has 0 aromatic rings. The van der Waals surface area contributed by atoms with E-state index < -0.39 is 12.1 Å². The van der Waals surface area contributed by atoms with Gasteiger partial charge in [-0.05, 0) is 19.4 Å². The Balaban J connectivity index is 2.14. The van der Waals surface area contributed by atoms with Gasteiger partial charge < -0.3 is 20.1 Å². The van der Waals surface area contributed by atoms with Crippen molar-refractivity contribution >= 4 is 12.1 Å².